The fourth-order valence-corrected chi connectivity index (χ4v) is 2.86. The molecule has 3 aromatic rings. The molecule has 2 N–H and O–H groups in total. The van der Waals surface area contributed by atoms with E-state index in [0.29, 0.717) is 17.0 Å². The topological polar surface area (TPSA) is 62.0 Å². The number of nitrogens with one attached hydrogen (secondary N) is 2. The molecule has 0 saturated carbocycles. The number of hydrogen-bond acceptors (Lipinski definition) is 2. The standard InChI is InChI=1S/C17H12ClIN2O2/c18-11-3-1-10(2-4-11)8-21-17(23)14-9-20-15-7-12(19)5-6-13(15)16(14)22/h1-7,9H,8H2,(H,20,22)(H,21,23). The summed E-state index contributed by atoms with van der Waals surface area (Å²) in [7, 11) is 0. The van der Waals surface area contributed by atoms with E-state index in [2.05, 4.69) is 32.9 Å². The number of benzene rings is 2. The van der Waals surface area contributed by atoms with E-state index in [1.54, 1.807) is 18.2 Å². The molecule has 0 fully saturated rings. The molecule has 23 heavy (non-hydrogen) atoms. The van der Waals surface area contributed by atoms with Crippen molar-refractivity contribution in [2.45, 2.75) is 6.54 Å². The molecule has 0 bridgehead atoms. The Kier molecular flexibility index (Phi) is 4.68. The van der Waals surface area contributed by atoms with Gasteiger partial charge in [-0.25, -0.2) is 0 Å². The van der Waals surface area contributed by atoms with Crippen LogP contribution in [-0.4, -0.2) is 10.9 Å². The molecule has 1 heterocycles. The average molecular weight is 439 g/mol. The minimum absolute atomic E-state index is 0.104. The predicted molar refractivity (Wildman–Crippen MR) is 99.9 cm³/mol. The number of aromatic amines is 1. The van der Waals surface area contributed by atoms with Crippen LogP contribution in [0.15, 0.2) is 53.5 Å². The van der Waals surface area contributed by atoms with E-state index >= 15 is 0 Å². The van der Waals surface area contributed by atoms with Crippen LogP contribution in [-0.2, 0) is 6.54 Å². The first-order valence-corrected chi connectivity index (χ1v) is 8.34. The van der Waals surface area contributed by atoms with Crippen LogP contribution in [0.2, 0.25) is 5.02 Å². The van der Waals surface area contributed by atoms with Crippen molar-refractivity contribution in [1.82, 2.24) is 10.3 Å². The Balaban J connectivity index is 1.83. The summed E-state index contributed by atoms with van der Waals surface area (Å²) in [4.78, 5) is 27.7. The van der Waals surface area contributed by atoms with Gasteiger partial charge in [0, 0.05) is 26.7 Å². The highest BCUT2D eigenvalue weighted by atomic mass is 127. The minimum Gasteiger partial charge on any atom is -0.360 e. The van der Waals surface area contributed by atoms with Crippen LogP contribution in [0.4, 0.5) is 0 Å². The molecule has 0 aliphatic heterocycles. The average Bonchev–Trinajstić information content (AvgIpc) is 2.54. The van der Waals surface area contributed by atoms with Crippen molar-refractivity contribution >= 4 is 51.0 Å². The monoisotopic (exact) mass is 438 g/mol. The first-order chi connectivity index (χ1) is 11.0. The highest BCUT2D eigenvalue weighted by molar-refractivity contribution is 14.1. The number of amides is 1. The molecular formula is C17H12ClIN2O2. The third kappa shape index (κ3) is 3.56. The third-order valence-electron chi connectivity index (χ3n) is 3.45. The van der Waals surface area contributed by atoms with Gasteiger partial charge in [-0.15, -0.1) is 0 Å². The Morgan fingerprint density at radius 3 is 2.65 bits per heavy atom. The van der Waals surface area contributed by atoms with Gasteiger partial charge in [-0.1, -0.05) is 23.7 Å². The zero-order chi connectivity index (χ0) is 16.4. The van der Waals surface area contributed by atoms with Crippen LogP contribution >= 0.6 is 34.2 Å². The van der Waals surface area contributed by atoms with Crippen molar-refractivity contribution in [3.8, 4) is 0 Å². The summed E-state index contributed by atoms with van der Waals surface area (Å²) < 4.78 is 1.02. The molecule has 0 aliphatic carbocycles. The van der Waals surface area contributed by atoms with Gasteiger partial charge in [0.2, 0.25) is 5.43 Å². The zero-order valence-corrected chi connectivity index (χ0v) is 14.8. The molecular weight excluding hydrogens is 427 g/mol. The van der Waals surface area contributed by atoms with Crippen molar-refractivity contribution in [2.75, 3.05) is 0 Å². The van der Waals surface area contributed by atoms with E-state index in [0.717, 1.165) is 14.7 Å². The van der Waals surface area contributed by atoms with Crippen LogP contribution < -0.4 is 10.7 Å². The maximum absolute atomic E-state index is 12.4. The molecule has 0 atom stereocenters. The molecule has 2 aromatic carbocycles. The molecule has 116 valence electrons. The maximum atomic E-state index is 12.4. The lowest BCUT2D eigenvalue weighted by atomic mass is 10.1. The molecule has 0 aliphatic rings. The second-order valence-electron chi connectivity index (χ2n) is 5.03. The molecule has 0 unspecified atom stereocenters. The van der Waals surface area contributed by atoms with Crippen molar-refractivity contribution in [2.24, 2.45) is 0 Å². The molecule has 0 spiro atoms. The van der Waals surface area contributed by atoms with E-state index in [1.807, 2.05) is 24.3 Å². The third-order valence-corrected chi connectivity index (χ3v) is 4.38. The van der Waals surface area contributed by atoms with Crippen LogP contribution in [0.1, 0.15) is 15.9 Å². The number of pyridine rings is 1. The fourth-order valence-electron chi connectivity index (χ4n) is 2.24. The number of fused-ring (bicyclic) bond motifs is 1. The van der Waals surface area contributed by atoms with Crippen molar-refractivity contribution in [3.63, 3.8) is 0 Å². The van der Waals surface area contributed by atoms with E-state index in [-0.39, 0.29) is 11.0 Å². The molecule has 4 nitrogen and oxygen atoms in total. The highest BCUT2D eigenvalue weighted by Crippen LogP contribution is 2.13. The van der Waals surface area contributed by atoms with Crippen molar-refractivity contribution < 1.29 is 4.79 Å². The van der Waals surface area contributed by atoms with Gasteiger partial charge < -0.3 is 10.3 Å². The summed E-state index contributed by atoms with van der Waals surface area (Å²) in [6, 6.07) is 12.6. The molecule has 0 saturated heterocycles. The first kappa shape index (κ1) is 16.0. The molecule has 1 aromatic heterocycles. The van der Waals surface area contributed by atoms with Gasteiger partial charge in [0.15, 0.2) is 0 Å². The zero-order valence-electron chi connectivity index (χ0n) is 11.9. The minimum atomic E-state index is -0.401. The fraction of sp³-hybridized carbons (Fsp3) is 0.0588. The quantitative estimate of drug-likeness (QED) is 0.612. The summed E-state index contributed by atoms with van der Waals surface area (Å²) in [5, 5.41) is 3.89. The van der Waals surface area contributed by atoms with Crippen LogP contribution in [0, 0.1) is 3.57 Å². The number of aromatic nitrogens is 1. The summed E-state index contributed by atoms with van der Waals surface area (Å²) in [5.41, 5.74) is 1.46. The van der Waals surface area contributed by atoms with Crippen molar-refractivity contribution in [3.05, 3.63) is 78.6 Å². The van der Waals surface area contributed by atoms with Crippen LogP contribution in [0.5, 0.6) is 0 Å². The van der Waals surface area contributed by atoms with Crippen LogP contribution in [0.25, 0.3) is 10.9 Å². The smallest absolute Gasteiger partial charge is 0.257 e. The Hall–Kier alpha value is -1.86. The van der Waals surface area contributed by atoms with Gasteiger partial charge in [0.25, 0.3) is 5.91 Å². The predicted octanol–water partition coefficient (Wildman–Crippen LogP) is 3.72. The van der Waals surface area contributed by atoms with Crippen LogP contribution in [0.3, 0.4) is 0 Å². The Bertz CT molecular complexity index is 935. The molecule has 6 heteroatoms. The first-order valence-electron chi connectivity index (χ1n) is 6.88. The summed E-state index contributed by atoms with van der Waals surface area (Å²) >= 11 is 8.00. The lowest BCUT2D eigenvalue weighted by Crippen LogP contribution is -2.28. The SMILES string of the molecule is O=C(NCc1ccc(Cl)cc1)c1c[nH]c2cc(I)ccc2c1=O. The Morgan fingerprint density at radius 2 is 1.91 bits per heavy atom. The number of hydrogen-bond donors (Lipinski definition) is 2. The number of H-pyrrole nitrogens is 1. The van der Waals surface area contributed by atoms with E-state index in [1.165, 1.54) is 6.20 Å². The number of carbonyl (C=O) groups excluding carboxylic acids is 1. The summed E-state index contributed by atoms with van der Waals surface area (Å²) in [6.07, 6.45) is 1.46. The molecule has 0 radical (unpaired) electrons. The lowest BCUT2D eigenvalue weighted by molar-refractivity contribution is 0.0949. The van der Waals surface area contributed by atoms with Gasteiger partial charge in [-0.2, -0.15) is 0 Å². The second-order valence-corrected chi connectivity index (χ2v) is 6.71. The number of halogens is 2. The van der Waals surface area contributed by atoms with Gasteiger partial charge >= 0.3 is 0 Å². The lowest BCUT2D eigenvalue weighted by Gasteiger charge is -2.06. The second kappa shape index (κ2) is 6.72. The largest absolute Gasteiger partial charge is 0.360 e. The van der Waals surface area contributed by atoms with E-state index in [9.17, 15) is 9.59 Å². The molecule has 1 amide bonds. The van der Waals surface area contributed by atoms with E-state index < -0.39 is 5.91 Å². The Morgan fingerprint density at radius 1 is 1.17 bits per heavy atom. The highest BCUT2D eigenvalue weighted by Gasteiger charge is 2.12. The summed E-state index contributed by atoms with van der Waals surface area (Å²) in [5.74, 6) is -0.401. The number of carbonyl (C=O) groups is 1. The van der Waals surface area contributed by atoms with Gasteiger partial charge in [0.1, 0.15) is 5.56 Å². The van der Waals surface area contributed by atoms with Crippen molar-refractivity contribution in [1.29, 1.82) is 0 Å². The normalized spacial score (nSPS) is 10.7. The van der Waals surface area contributed by atoms with Gasteiger partial charge in [-0.3, -0.25) is 9.59 Å². The molecule has 3 rings (SSSR count). The van der Waals surface area contributed by atoms with E-state index in [4.69, 9.17) is 11.6 Å². The van der Waals surface area contributed by atoms with Gasteiger partial charge in [-0.05, 0) is 58.5 Å². The Labute approximate surface area is 151 Å². The van der Waals surface area contributed by atoms with Gasteiger partial charge in [0.05, 0.1) is 5.52 Å². The maximum Gasteiger partial charge on any atom is 0.257 e. The summed E-state index contributed by atoms with van der Waals surface area (Å²) in [6.45, 7) is 0.333. The number of rotatable bonds is 3.